The van der Waals surface area contributed by atoms with Crippen LogP contribution in [0.5, 0.6) is 0 Å². The molecule has 0 aliphatic rings. The van der Waals surface area contributed by atoms with E-state index in [0.29, 0.717) is 5.82 Å². The van der Waals surface area contributed by atoms with E-state index in [1.165, 1.54) is 0 Å². The molecule has 0 aliphatic heterocycles. The number of nitrogens with one attached hydrogen (secondary N) is 2. The van der Waals surface area contributed by atoms with Gasteiger partial charge in [-0.05, 0) is 32.9 Å². The lowest BCUT2D eigenvalue weighted by Gasteiger charge is -2.14. The van der Waals surface area contributed by atoms with Crippen LogP contribution in [-0.4, -0.2) is 39.9 Å². The Kier molecular flexibility index (Phi) is 5.89. The van der Waals surface area contributed by atoms with Crippen molar-refractivity contribution in [2.45, 2.75) is 26.8 Å². The largest absolute Gasteiger partial charge is 0.465 e. The predicted octanol–water partition coefficient (Wildman–Crippen LogP) is 1.50. The van der Waals surface area contributed by atoms with Gasteiger partial charge in [-0.2, -0.15) is 5.10 Å². The number of rotatable bonds is 6. The predicted molar refractivity (Wildman–Crippen MR) is 87.7 cm³/mol. The van der Waals surface area contributed by atoms with E-state index in [2.05, 4.69) is 20.7 Å². The first-order valence-corrected chi connectivity index (χ1v) is 7.68. The molecule has 0 aromatic carbocycles. The molecule has 2 aromatic heterocycles. The van der Waals surface area contributed by atoms with Crippen LogP contribution in [0, 0.1) is 6.92 Å². The van der Waals surface area contributed by atoms with Crippen molar-refractivity contribution in [3.63, 3.8) is 0 Å². The van der Waals surface area contributed by atoms with Crippen LogP contribution in [0.25, 0.3) is 5.82 Å². The van der Waals surface area contributed by atoms with Crippen molar-refractivity contribution in [2.24, 2.45) is 0 Å². The zero-order chi connectivity index (χ0) is 17.5. The third-order valence-electron chi connectivity index (χ3n) is 3.43. The summed E-state index contributed by atoms with van der Waals surface area (Å²) in [6.45, 7) is 5.58. The maximum absolute atomic E-state index is 11.9. The van der Waals surface area contributed by atoms with E-state index in [1.54, 1.807) is 24.0 Å². The summed E-state index contributed by atoms with van der Waals surface area (Å²) in [5.74, 6) is 0.236. The number of ether oxygens (including phenoxy) is 1. The Morgan fingerprint density at radius 1 is 1.38 bits per heavy atom. The molecule has 0 bridgehead atoms. The van der Waals surface area contributed by atoms with E-state index in [4.69, 9.17) is 4.74 Å². The molecule has 128 valence electrons. The van der Waals surface area contributed by atoms with Crippen molar-refractivity contribution < 1.29 is 14.3 Å². The molecule has 1 atom stereocenters. The van der Waals surface area contributed by atoms with Crippen molar-refractivity contribution in [1.29, 1.82) is 0 Å². The molecule has 0 radical (unpaired) electrons. The van der Waals surface area contributed by atoms with Gasteiger partial charge in [-0.3, -0.25) is 4.79 Å². The smallest absolute Gasteiger partial charge is 0.325 e. The van der Waals surface area contributed by atoms with Gasteiger partial charge < -0.3 is 15.4 Å². The molecular weight excluding hydrogens is 310 g/mol. The first-order valence-electron chi connectivity index (χ1n) is 7.68. The van der Waals surface area contributed by atoms with Crippen molar-refractivity contribution in [2.75, 3.05) is 13.2 Å². The lowest BCUT2D eigenvalue weighted by molar-refractivity contribution is -0.141. The van der Waals surface area contributed by atoms with Gasteiger partial charge in [0.1, 0.15) is 6.54 Å². The normalized spacial score (nSPS) is 11.6. The number of aromatic nitrogens is 3. The Morgan fingerprint density at radius 3 is 2.83 bits per heavy atom. The van der Waals surface area contributed by atoms with E-state index in [1.807, 2.05) is 32.0 Å². The molecular formula is C16H21N5O3. The number of pyridine rings is 1. The fraction of sp³-hybridized carbons (Fsp3) is 0.375. The van der Waals surface area contributed by atoms with Crippen LogP contribution >= 0.6 is 0 Å². The minimum absolute atomic E-state index is 0.168. The number of esters is 1. The number of urea groups is 1. The van der Waals surface area contributed by atoms with Crippen LogP contribution in [0.3, 0.4) is 0 Å². The van der Waals surface area contributed by atoms with E-state index in [9.17, 15) is 9.59 Å². The van der Waals surface area contributed by atoms with Gasteiger partial charge in [-0.1, -0.05) is 6.07 Å². The molecule has 2 heterocycles. The molecule has 2 N–H and O–H groups in total. The second kappa shape index (κ2) is 8.09. The molecule has 0 fully saturated rings. The fourth-order valence-electron chi connectivity index (χ4n) is 2.25. The van der Waals surface area contributed by atoms with Gasteiger partial charge in [0, 0.05) is 17.5 Å². The molecule has 2 rings (SSSR count). The topological polar surface area (TPSA) is 98.1 Å². The average Bonchev–Trinajstić information content (AvgIpc) is 2.96. The van der Waals surface area contributed by atoms with E-state index in [0.717, 1.165) is 11.3 Å². The number of carbonyl (C=O) groups is 2. The molecule has 0 saturated heterocycles. The summed E-state index contributed by atoms with van der Waals surface area (Å²) < 4.78 is 6.46. The monoisotopic (exact) mass is 331 g/mol. The van der Waals surface area contributed by atoms with Gasteiger partial charge in [0.05, 0.1) is 18.8 Å². The molecule has 0 aliphatic carbocycles. The Balaban J connectivity index is 1.98. The van der Waals surface area contributed by atoms with E-state index >= 15 is 0 Å². The summed E-state index contributed by atoms with van der Waals surface area (Å²) >= 11 is 0. The lowest BCUT2D eigenvalue weighted by atomic mass is 10.1. The van der Waals surface area contributed by atoms with Crippen LogP contribution in [0.1, 0.15) is 31.1 Å². The highest BCUT2D eigenvalue weighted by atomic mass is 16.5. The van der Waals surface area contributed by atoms with Crippen LogP contribution in [0.15, 0.2) is 30.6 Å². The Hall–Kier alpha value is -2.90. The minimum atomic E-state index is -0.473. The third-order valence-corrected chi connectivity index (χ3v) is 3.43. The van der Waals surface area contributed by atoms with Crippen molar-refractivity contribution in [3.05, 3.63) is 41.9 Å². The summed E-state index contributed by atoms with van der Waals surface area (Å²) in [5, 5.41) is 9.55. The highest BCUT2D eigenvalue weighted by Crippen LogP contribution is 2.18. The van der Waals surface area contributed by atoms with Gasteiger partial charge >= 0.3 is 12.0 Å². The van der Waals surface area contributed by atoms with Crippen LogP contribution < -0.4 is 10.6 Å². The molecule has 0 saturated carbocycles. The summed E-state index contributed by atoms with van der Waals surface area (Å²) in [5.41, 5.74) is 1.75. The van der Waals surface area contributed by atoms with Gasteiger partial charge in [-0.15, -0.1) is 0 Å². The standard InChI is InChI=1S/C16H21N5O3/c1-4-24-15(22)10-18-16(23)20-11(2)13-9-19-21(12(13)3)14-7-5-6-8-17-14/h5-9,11H,4,10H2,1-3H3,(H2,18,20,23). The van der Waals surface area contributed by atoms with E-state index < -0.39 is 12.0 Å². The van der Waals surface area contributed by atoms with Crippen LogP contribution in [-0.2, 0) is 9.53 Å². The molecule has 2 aromatic rings. The molecule has 1 unspecified atom stereocenters. The van der Waals surface area contributed by atoms with Gasteiger partial charge in [0.2, 0.25) is 0 Å². The molecule has 2 amide bonds. The fourth-order valence-corrected chi connectivity index (χ4v) is 2.25. The molecule has 8 nitrogen and oxygen atoms in total. The van der Waals surface area contributed by atoms with E-state index in [-0.39, 0.29) is 19.2 Å². The third kappa shape index (κ3) is 4.31. The summed E-state index contributed by atoms with van der Waals surface area (Å²) in [6.07, 6.45) is 3.39. The summed E-state index contributed by atoms with van der Waals surface area (Å²) in [6, 6.07) is 4.85. The van der Waals surface area contributed by atoms with Crippen LogP contribution in [0.4, 0.5) is 4.79 Å². The second-order valence-corrected chi connectivity index (χ2v) is 5.14. The Labute approximate surface area is 140 Å². The first kappa shape index (κ1) is 17.5. The molecule has 8 heteroatoms. The Bertz CT molecular complexity index is 699. The number of hydrogen-bond acceptors (Lipinski definition) is 5. The maximum atomic E-state index is 11.9. The number of amides is 2. The van der Waals surface area contributed by atoms with Crippen molar-refractivity contribution in [1.82, 2.24) is 25.4 Å². The zero-order valence-corrected chi connectivity index (χ0v) is 13.9. The van der Waals surface area contributed by atoms with Crippen molar-refractivity contribution in [3.8, 4) is 5.82 Å². The Morgan fingerprint density at radius 2 is 2.17 bits per heavy atom. The van der Waals surface area contributed by atoms with Gasteiger partial charge in [-0.25, -0.2) is 14.5 Å². The molecule has 0 spiro atoms. The second-order valence-electron chi connectivity index (χ2n) is 5.14. The zero-order valence-electron chi connectivity index (χ0n) is 13.9. The number of nitrogens with zero attached hydrogens (tertiary/aromatic N) is 3. The number of hydrogen-bond donors (Lipinski definition) is 2. The highest BCUT2D eigenvalue weighted by Gasteiger charge is 2.17. The van der Waals surface area contributed by atoms with Gasteiger partial charge in [0.15, 0.2) is 5.82 Å². The minimum Gasteiger partial charge on any atom is -0.465 e. The van der Waals surface area contributed by atoms with Gasteiger partial charge in [0.25, 0.3) is 0 Å². The lowest BCUT2D eigenvalue weighted by Crippen LogP contribution is -2.40. The van der Waals surface area contributed by atoms with Crippen LogP contribution in [0.2, 0.25) is 0 Å². The highest BCUT2D eigenvalue weighted by molar-refractivity contribution is 5.80. The summed E-state index contributed by atoms with van der Waals surface area (Å²) in [7, 11) is 0. The summed E-state index contributed by atoms with van der Waals surface area (Å²) in [4.78, 5) is 27.3. The maximum Gasteiger partial charge on any atom is 0.325 e. The average molecular weight is 331 g/mol. The number of carbonyl (C=O) groups excluding carboxylic acids is 2. The first-order chi connectivity index (χ1) is 11.5. The molecule has 24 heavy (non-hydrogen) atoms. The quantitative estimate of drug-likeness (QED) is 0.782. The van der Waals surface area contributed by atoms with Crippen molar-refractivity contribution >= 4 is 12.0 Å². The SMILES string of the molecule is CCOC(=O)CNC(=O)NC(C)c1cnn(-c2ccccn2)c1C.